The van der Waals surface area contributed by atoms with Crippen molar-refractivity contribution in [3.63, 3.8) is 0 Å². The third kappa shape index (κ3) is 2.69. The highest BCUT2D eigenvalue weighted by Gasteiger charge is 2.35. The van der Waals surface area contributed by atoms with Crippen molar-refractivity contribution >= 4 is 5.97 Å². The first-order valence-electron chi connectivity index (χ1n) is 5.66. The predicted octanol–water partition coefficient (Wildman–Crippen LogP) is 0.765. The van der Waals surface area contributed by atoms with Crippen LogP contribution >= 0.6 is 0 Å². The minimum Gasteiger partial charge on any atom is -0.481 e. The van der Waals surface area contributed by atoms with E-state index in [2.05, 4.69) is 11.8 Å². The Balaban J connectivity index is 2.60. The number of hydrogen-bond acceptors (Lipinski definition) is 3. The fourth-order valence-electron chi connectivity index (χ4n) is 2.40. The molecule has 1 aliphatic rings. The van der Waals surface area contributed by atoms with Crippen LogP contribution in [0.4, 0.5) is 0 Å². The number of likely N-dealkylation sites (tertiary alicyclic amines) is 1. The predicted molar refractivity (Wildman–Crippen MR) is 59.6 cm³/mol. The van der Waals surface area contributed by atoms with E-state index in [9.17, 15) is 4.79 Å². The van der Waals surface area contributed by atoms with Gasteiger partial charge in [0.1, 0.15) is 0 Å². The summed E-state index contributed by atoms with van der Waals surface area (Å²) in [4.78, 5) is 13.2. The van der Waals surface area contributed by atoms with Crippen molar-refractivity contribution in [2.24, 2.45) is 17.6 Å². The minimum absolute atomic E-state index is 0.0917. The van der Waals surface area contributed by atoms with E-state index in [0.717, 1.165) is 13.0 Å². The number of aliphatic carboxylic acids is 1. The maximum atomic E-state index is 10.9. The molecule has 0 aromatic carbocycles. The minimum atomic E-state index is -0.717. The number of hydrogen-bond donors (Lipinski definition) is 2. The van der Waals surface area contributed by atoms with Crippen LogP contribution in [0.15, 0.2) is 0 Å². The topological polar surface area (TPSA) is 66.6 Å². The molecule has 3 N–H and O–H groups in total. The lowest BCUT2D eigenvalue weighted by Crippen LogP contribution is -2.42. The standard InChI is InChI=1S/C11H22N2O2/c1-7-4-10(5-12)6-13(7)9(3)8(2)11(14)15/h7-10H,4-6,12H2,1-3H3,(H,14,15). The summed E-state index contributed by atoms with van der Waals surface area (Å²) in [7, 11) is 0. The molecule has 0 saturated carbocycles. The first-order chi connectivity index (χ1) is 6.97. The van der Waals surface area contributed by atoms with Crippen LogP contribution in [0.3, 0.4) is 0 Å². The Labute approximate surface area is 91.4 Å². The van der Waals surface area contributed by atoms with E-state index >= 15 is 0 Å². The Bertz CT molecular complexity index is 233. The van der Waals surface area contributed by atoms with Crippen molar-refractivity contribution < 1.29 is 9.90 Å². The van der Waals surface area contributed by atoms with Gasteiger partial charge in [0.25, 0.3) is 0 Å². The Morgan fingerprint density at radius 2 is 2.20 bits per heavy atom. The lowest BCUT2D eigenvalue weighted by Gasteiger charge is -2.31. The van der Waals surface area contributed by atoms with Crippen LogP contribution in [0.25, 0.3) is 0 Å². The molecular weight excluding hydrogens is 192 g/mol. The van der Waals surface area contributed by atoms with Gasteiger partial charge in [-0.2, -0.15) is 0 Å². The largest absolute Gasteiger partial charge is 0.481 e. The van der Waals surface area contributed by atoms with Crippen LogP contribution in [0.1, 0.15) is 27.2 Å². The monoisotopic (exact) mass is 214 g/mol. The molecule has 88 valence electrons. The van der Waals surface area contributed by atoms with E-state index in [-0.39, 0.29) is 12.0 Å². The van der Waals surface area contributed by atoms with Gasteiger partial charge in [-0.15, -0.1) is 0 Å². The molecule has 0 spiro atoms. The molecule has 0 radical (unpaired) electrons. The van der Waals surface area contributed by atoms with Gasteiger partial charge in [0.2, 0.25) is 0 Å². The Hall–Kier alpha value is -0.610. The third-order valence-electron chi connectivity index (χ3n) is 3.68. The second-order valence-electron chi connectivity index (χ2n) is 4.75. The van der Waals surface area contributed by atoms with Crippen molar-refractivity contribution in [2.75, 3.05) is 13.1 Å². The van der Waals surface area contributed by atoms with Crippen LogP contribution in [0.2, 0.25) is 0 Å². The molecule has 1 fully saturated rings. The molecule has 1 aliphatic heterocycles. The Morgan fingerprint density at radius 1 is 1.60 bits per heavy atom. The molecule has 1 heterocycles. The molecule has 1 rings (SSSR count). The summed E-state index contributed by atoms with van der Waals surface area (Å²) in [5.74, 6) is -0.502. The smallest absolute Gasteiger partial charge is 0.307 e. The molecule has 0 aromatic heterocycles. The van der Waals surface area contributed by atoms with Gasteiger partial charge in [-0.3, -0.25) is 9.69 Å². The zero-order chi connectivity index (χ0) is 11.6. The Kier molecular flexibility index (Phi) is 4.11. The molecular formula is C11H22N2O2. The van der Waals surface area contributed by atoms with E-state index < -0.39 is 5.97 Å². The van der Waals surface area contributed by atoms with Crippen LogP contribution in [0, 0.1) is 11.8 Å². The summed E-state index contributed by atoms with van der Waals surface area (Å²) >= 11 is 0. The van der Waals surface area contributed by atoms with E-state index in [1.807, 2.05) is 6.92 Å². The number of nitrogens with zero attached hydrogens (tertiary/aromatic N) is 1. The molecule has 4 heteroatoms. The van der Waals surface area contributed by atoms with Gasteiger partial charge < -0.3 is 10.8 Å². The Morgan fingerprint density at radius 3 is 2.60 bits per heavy atom. The molecule has 0 amide bonds. The van der Waals surface area contributed by atoms with Crippen molar-refractivity contribution in [2.45, 2.75) is 39.3 Å². The van der Waals surface area contributed by atoms with Crippen molar-refractivity contribution in [1.82, 2.24) is 4.90 Å². The highest BCUT2D eigenvalue weighted by molar-refractivity contribution is 5.70. The van der Waals surface area contributed by atoms with Crippen molar-refractivity contribution in [3.8, 4) is 0 Å². The summed E-state index contributed by atoms with van der Waals surface area (Å²) < 4.78 is 0. The number of carboxylic acid groups (broad SMARTS) is 1. The summed E-state index contributed by atoms with van der Waals surface area (Å²) in [6, 6.07) is 0.546. The summed E-state index contributed by atoms with van der Waals surface area (Å²) in [6.45, 7) is 7.57. The van der Waals surface area contributed by atoms with Crippen LogP contribution in [-0.4, -0.2) is 41.1 Å². The second-order valence-corrected chi connectivity index (χ2v) is 4.75. The number of carbonyl (C=O) groups is 1. The molecule has 4 atom stereocenters. The van der Waals surface area contributed by atoms with E-state index in [4.69, 9.17) is 10.8 Å². The van der Waals surface area contributed by atoms with E-state index in [1.165, 1.54) is 0 Å². The van der Waals surface area contributed by atoms with Crippen LogP contribution in [0.5, 0.6) is 0 Å². The third-order valence-corrected chi connectivity index (χ3v) is 3.68. The summed E-state index contributed by atoms with van der Waals surface area (Å²) in [5.41, 5.74) is 5.65. The van der Waals surface area contributed by atoms with E-state index in [0.29, 0.717) is 18.5 Å². The maximum Gasteiger partial charge on any atom is 0.307 e. The van der Waals surface area contributed by atoms with Crippen molar-refractivity contribution in [3.05, 3.63) is 0 Å². The number of carboxylic acids is 1. The zero-order valence-electron chi connectivity index (χ0n) is 9.81. The van der Waals surface area contributed by atoms with Gasteiger partial charge in [0.15, 0.2) is 0 Å². The van der Waals surface area contributed by atoms with Gasteiger partial charge in [-0.1, -0.05) is 6.92 Å². The summed E-state index contributed by atoms with van der Waals surface area (Å²) in [5, 5.41) is 8.97. The fraction of sp³-hybridized carbons (Fsp3) is 0.909. The fourth-order valence-corrected chi connectivity index (χ4v) is 2.40. The molecule has 15 heavy (non-hydrogen) atoms. The first-order valence-corrected chi connectivity index (χ1v) is 5.66. The van der Waals surface area contributed by atoms with Crippen LogP contribution in [-0.2, 0) is 4.79 Å². The van der Waals surface area contributed by atoms with Gasteiger partial charge >= 0.3 is 5.97 Å². The average Bonchev–Trinajstić information content (AvgIpc) is 2.57. The van der Waals surface area contributed by atoms with E-state index in [1.54, 1.807) is 6.92 Å². The number of nitrogens with two attached hydrogens (primary N) is 1. The zero-order valence-corrected chi connectivity index (χ0v) is 9.81. The number of rotatable bonds is 4. The highest BCUT2D eigenvalue weighted by atomic mass is 16.4. The normalized spacial score (nSPS) is 31.5. The van der Waals surface area contributed by atoms with Gasteiger partial charge in [-0.05, 0) is 32.7 Å². The molecule has 0 bridgehead atoms. The van der Waals surface area contributed by atoms with Crippen LogP contribution < -0.4 is 5.73 Å². The van der Waals surface area contributed by atoms with Crippen molar-refractivity contribution in [1.29, 1.82) is 0 Å². The maximum absolute atomic E-state index is 10.9. The highest BCUT2D eigenvalue weighted by Crippen LogP contribution is 2.26. The van der Waals surface area contributed by atoms with Gasteiger partial charge in [0.05, 0.1) is 5.92 Å². The molecule has 0 aliphatic carbocycles. The molecule has 4 unspecified atom stereocenters. The van der Waals surface area contributed by atoms with Gasteiger partial charge in [0, 0.05) is 18.6 Å². The molecule has 1 saturated heterocycles. The average molecular weight is 214 g/mol. The first kappa shape index (κ1) is 12.5. The van der Waals surface area contributed by atoms with Gasteiger partial charge in [-0.25, -0.2) is 0 Å². The lowest BCUT2D eigenvalue weighted by atomic mass is 10.0. The molecule has 0 aromatic rings. The second kappa shape index (κ2) is 4.94. The molecule has 4 nitrogen and oxygen atoms in total. The SMILES string of the molecule is CC(C(=O)O)C(C)N1CC(CN)CC1C. The summed E-state index contributed by atoms with van der Waals surface area (Å²) in [6.07, 6.45) is 1.09. The quantitative estimate of drug-likeness (QED) is 0.725. The lowest BCUT2D eigenvalue weighted by molar-refractivity contribution is -0.143.